The molecule has 3 rings (SSSR count). The molecule has 0 radical (unpaired) electrons. The first-order chi connectivity index (χ1) is 14.2. The van der Waals surface area contributed by atoms with Gasteiger partial charge in [0.15, 0.2) is 0 Å². The SMILES string of the molecule is Cc1ccc(CNC(=O)c2ccc(N(Cc3ccccc3C)S(C)(=O)=O)cc2)cc1. The van der Waals surface area contributed by atoms with Crippen LogP contribution in [0.3, 0.4) is 0 Å². The average Bonchev–Trinajstić information content (AvgIpc) is 2.72. The number of sulfonamides is 1. The van der Waals surface area contributed by atoms with Gasteiger partial charge in [-0.05, 0) is 54.8 Å². The summed E-state index contributed by atoms with van der Waals surface area (Å²) >= 11 is 0. The fourth-order valence-electron chi connectivity index (χ4n) is 3.11. The number of nitrogens with zero attached hydrogens (tertiary/aromatic N) is 1. The fourth-order valence-corrected chi connectivity index (χ4v) is 3.99. The van der Waals surface area contributed by atoms with Crippen molar-refractivity contribution in [2.75, 3.05) is 10.6 Å². The molecule has 0 unspecified atom stereocenters. The van der Waals surface area contributed by atoms with Crippen molar-refractivity contribution < 1.29 is 13.2 Å². The highest BCUT2D eigenvalue weighted by Crippen LogP contribution is 2.22. The minimum atomic E-state index is -3.48. The van der Waals surface area contributed by atoms with Crippen LogP contribution in [0.5, 0.6) is 0 Å². The van der Waals surface area contributed by atoms with Crippen LogP contribution in [0.25, 0.3) is 0 Å². The molecule has 6 heteroatoms. The van der Waals surface area contributed by atoms with Crippen molar-refractivity contribution >= 4 is 21.6 Å². The molecule has 1 amide bonds. The smallest absolute Gasteiger partial charge is 0.251 e. The highest BCUT2D eigenvalue weighted by molar-refractivity contribution is 7.92. The summed E-state index contributed by atoms with van der Waals surface area (Å²) in [7, 11) is -3.48. The molecule has 0 atom stereocenters. The lowest BCUT2D eigenvalue weighted by Gasteiger charge is -2.23. The van der Waals surface area contributed by atoms with Crippen LogP contribution in [0.4, 0.5) is 5.69 Å². The van der Waals surface area contributed by atoms with Gasteiger partial charge in [-0.25, -0.2) is 8.42 Å². The van der Waals surface area contributed by atoms with Gasteiger partial charge in [0.2, 0.25) is 10.0 Å². The molecule has 3 aromatic rings. The zero-order chi connectivity index (χ0) is 21.7. The van der Waals surface area contributed by atoms with Crippen molar-refractivity contribution in [1.82, 2.24) is 5.32 Å². The van der Waals surface area contributed by atoms with Crippen LogP contribution in [0.2, 0.25) is 0 Å². The molecule has 3 aromatic carbocycles. The number of benzene rings is 3. The molecule has 0 aliphatic carbocycles. The van der Waals surface area contributed by atoms with Crippen LogP contribution in [-0.2, 0) is 23.1 Å². The summed E-state index contributed by atoms with van der Waals surface area (Å²) in [4.78, 5) is 12.5. The maximum atomic E-state index is 12.5. The van der Waals surface area contributed by atoms with E-state index in [1.165, 1.54) is 16.1 Å². The second kappa shape index (κ2) is 9.13. The van der Waals surface area contributed by atoms with Crippen LogP contribution in [-0.4, -0.2) is 20.6 Å². The van der Waals surface area contributed by atoms with Crippen LogP contribution in [0.1, 0.15) is 32.6 Å². The Morgan fingerprint density at radius 1 is 0.900 bits per heavy atom. The Morgan fingerprint density at radius 3 is 2.13 bits per heavy atom. The van der Waals surface area contributed by atoms with Crippen molar-refractivity contribution in [3.8, 4) is 0 Å². The number of aryl methyl sites for hydroxylation is 2. The molecule has 0 bridgehead atoms. The number of nitrogens with one attached hydrogen (secondary N) is 1. The minimum Gasteiger partial charge on any atom is -0.348 e. The average molecular weight is 423 g/mol. The second-order valence-electron chi connectivity index (χ2n) is 7.41. The van der Waals surface area contributed by atoms with E-state index < -0.39 is 10.0 Å². The molecule has 0 fully saturated rings. The molecule has 0 aromatic heterocycles. The monoisotopic (exact) mass is 422 g/mol. The molecule has 1 N–H and O–H groups in total. The van der Waals surface area contributed by atoms with E-state index in [2.05, 4.69) is 5.32 Å². The molecule has 0 heterocycles. The van der Waals surface area contributed by atoms with Gasteiger partial charge >= 0.3 is 0 Å². The summed E-state index contributed by atoms with van der Waals surface area (Å²) in [6.07, 6.45) is 1.19. The van der Waals surface area contributed by atoms with Crippen molar-refractivity contribution in [2.24, 2.45) is 0 Å². The summed E-state index contributed by atoms with van der Waals surface area (Å²) in [6.45, 7) is 4.65. The maximum absolute atomic E-state index is 12.5. The summed E-state index contributed by atoms with van der Waals surface area (Å²) in [6, 6.07) is 22.3. The molecule has 5 nitrogen and oxygen atoms in total. The van der Waals surface area contributed by atoms with E-state index in [1.807, 2.05) is 62.4 Å². The number of carbonyl (C=O) groups excluding carboxylic acids is 1. The van der Waals surface area contributed by atoms with Gasteiger partial charge in [-0.15, -0.1) is 0 Å². The third-order valence-corrected chi connectivity index (χ3v) is 6.11. The van der Waals surface area contributed by atoms with Gasteiger partial charge in [-0.1, -0.05) is 54.1 Å². The summed E-state index contributed by atoms with van der Waals surface area (Å²) in [5, 5.41) is 2.89. The standard InChI is InChI=1S/C24H26N2O3S/c1-18-8-10-20(11-9-18)16-25-24(27)21-12-14-23(15-13-21)26(30(3,28)29)17-22-7-5-4-6-19(22)2/h4-15H,16-17H2,1-3H3,(H,25,27). The van der Waals surface area contributed by atoms with E-state index in [9.17, 15) is 13.2 Å². The van der Waals surface area contributed by atoms with Crippen LogP contribution in [0, 0.1) is 13.8 Å². The first-order valence-corrected chi connectivity index (χ1v) is 11.5. The molecule has 30 heavy (non-hydrogen) atoms. The van der Waals surface area contributed by atoms with Crippen LogP contribution >= 0.6 is 0 Å². The maximum Gasteiger partial charge on any atom is 0.251 e. The highest BCUT2D eigenvalue weighted by atomic mass is 32.2. The Morgan fingerprint density at radius 2 is 1.53 bits per heavy atom. The Hall–Kier alpha value is -3.12. The lowest BCUT2D eigenvalue weighted by Crippen LogP contribution is -2.29. The number of amides is 1. The molecule has 0 aliphatic rings. The zero-order valence-electron chi connectivity index (χ0n) is 17.4. The molecule has 0 saturated heterocycles. The van der Waals surface area contributed by atoms with Gasteiger partial charge in [0.1, 0.15) is 0 Å². The molecule has 0 spiro atoms. The fraction of sp³-hybridized carbons (Fsp3) is 0.208. The third kappa shape index (κ3) is 5.48. The molecule has 0 aliphatic heterocycles. The van der Waals surface area contributed by atoms with Gasteiger partial charge in [-0.2, -0.15) is 0 Å². The van der Waals surface area contributed by atoms with Gasteiger partial charge in [-0.3, -0.25) is 9.10 Å². The highest BCUT2D eigenvalue weighted by Gasteiger charge is 2.19. The number of hydrogen-bond donors (Lipinski definition) is 1. The predicted molar refractivity (Wildman–Crippen MR) is 121 cm³/mol. The van der Waals surface area contributed by atoms with Gasteiger partial charge in [0.05, 0.1) is 18.5 Å². The largest absolute Gasteiger partial charge is 0.348 e. The topological polar surface area (TPSA) is 66.5 Å². The van der Waals surface area contributed by atoms with Crippen molar-refractivity contribution in [3.63, 3.8) is 0 Å². The van der Waals surface area contributed by atoms with E-state index in [4.69, 9.17) is 0 Å². The van der Waals surface area contributed by atoms with Gasteiger partial charge in [0.25, 0.3) is 5.91 Å². The van der Waals surface area contributed by atoms with Gasteiger partial charge in [0, 0.05) is 12.1 Å². The molecule has 0 saturated carbocycles. The molecular weight excluding hydrogens is 396 g/mol. The first-order valence-electron chi connectivity index (χ1n) is 9.70. The Balaban J connectivity index is 1.73. The van der Waals surface area contributed by atoms with Crippen LogP contribution < -0.4 is 9.62 Å². The minimum absolute atomic E-state index is 0.202. The number of rotatable bonds is 7. The Bertz CT molecular complexity index is 1120. The summed E-state index contributed by atoms with van der Waals surface area (Å²) in [5.41, 5.74) is 5.15. The van der Waals surface area contributed by atoms with E-state index in [-0.39, 0.29) is 12.5 Å². The second-order valence-corrected chi connectivity index (χ2v) is 9.32. The van der Waals surface area contributed by atoms with Gasteiger partial charge < -0.3 is 5.32 Å². The number of anilines is 1. The van der Waals surface area contributed by atoms with Crippen LogP contribution in [0.15, 0.2) is 72.8 Å². The first kappa shape index (κ1) is 21.6. The van der Waals surface area contributed by atoms with E-state index >= 15 is 0 Å². The third-order valence-electron chi connectivity index (χ3n) is 4.97. The lowest BCUT2D eigenvalue weighted by atomic mass is 10.1. The van der Waals surface area contributed by atoms with Crippen molar-refractivity contribution in [2.45, 2.75) is 26.9 Å². The van der Waals surface area contributed by atoms with E-state index in [0.717, 1.165) is 16.7 Å². The van der Waals surface area contributed by atoms with Crippen molar-refractivity contribution in [3.05, 3.63) is 101 Å². The summed E-state index contributed by atoms with van der Waals surface area (Å²) < 4.78 is 26.1. The van der Waals surface area contributed by atoms with E-state index in [1.54, 1.807) is 24.3 Å². The number of carbonyl (C=O) groups is 1. The Kier molecular flexibility index (Phi) is 6.57. The van der Waals surface area contributed by atoms with E-state index in [0.29, 0.717) is 17.8 Å². The normalized spacial score (nSPS) is 11.2. The Labute approximate surface area is 178 Å². The zero-order valence-corrected chi connectivity index (χ0v) is 18.2. The predicted octanol–water partition coefficient (Wildman–Crippen LogP) is 4.20. The lowest BCUT2D eigenvalue weighted by molar-refractivity contribution is 0.0951. The number of hydrogen-bond acceptors (Lipinski definition) is 3. The molecular formula is C24H26N2O3S. The quantitative estimate of drug-likeness (QED) is 0.621. The van der Waals surface area contributed by atoms with Crippen molar-refractivity contribution in [1.29, 1.82) is 0 Å². The molecule has 156 valence electrons. The summed E-state index contributed by atoms with van der Waals surface area (Å²) in [5.74, 6) is -0.202.